The summed E-state index contributed by atoms with van der Waals surface area (Å²) >= 11 is 1.61. The van der Waals surface area contributed by atoms with Crippen LogP contribution >= 0.6 is 11.3 Å². The first-order valence-electron chi connectivity index (χ1n) is 9.58. The highest BCUT2D eigenvalue weighted by Gasteiger charge is 2.28. The van der Waals surface area contributed by atoms with Gasteiger partial charge < -0.3 is 14.0 Å². The van der Waals surface area contributed by atoms with E-state index in [1.165, 1.54) is 0 Å². The molecule has 0 fully saturated rings. The number of hydrogen-bond donors (Lipinski definition) is 0. The van der Waals surface area contributed by atoms with Crippen molar-refractivity contribution in [2.45, 2.75) is 32.9 Å². The number of fused-ring (bicyclic) bond motifs is 3. The van der Waals surface area contributed by atoms with E-state index in [1.54, 1.807) is 29.7 Å². The fourth-order valence-electron chi connectivity index (χ4n) is 3.24. The number of imidazole rings is 1. The fourth-order valence-corrected chi connectivity index (χ4v) is 4.16. The lowest BCUT2D eigenvalue weighted by Crippen LogP contribution is -2.37. The largest absolute Gasteiger partial charge is 0.497 e. The molecule has 0 radical (unpaired) electrons. The zero-order valence-corrected chi connectivity index (χ0v) is 18.5. The van der Waals surface area contributed by atoms with Crippen molar-refractivity contribution in [1.29, 1.82) is 0 Å². The van der Waals surface area contributed by atoms with Gasteiger partial charge in [-0.25, -0.2) is 14.8 Å². The third-order valence-electron chi connectivity index (χ3n) is 4.60. The molecule has 0 atom stereocenters. The first-order valence-corrected chi connectivity index (χ1v) is 10.5. The zero-order valence-electron chi connectivity index (χ0n) is 17.7. The predicted molar refractivity (Wildman–Crippen MR) is 119 cm³/mol. The number of rotatable bonds is 4. The molecule has 4 aromatic rings. The van der Waals surface area contributed by atoms with Gasteiger partial charge in [0.15, 0.2) is 5.82 Å². The van der Waals surface area contributed by atoms with E-state index in [4.69, 9.17) is 14.5 Å². The standard InChI is InChI=1S/C22H24N4O3S/c1-22(2,3)29-21(27)26(12-14-6-8-15(28-5)9-7-14)20-17-18(25(4)13-23-17)19-16(24-20)10-11-30-19/h6-11,13H,12H2,1-5H3. The number of amides is 1. The lowest BCUT2D eigenvalue weighted by Gasteiger charge is -2.27. The minimum Gasteiger partial charge on any atom is -0.497 e. The van der Waals surface area contributed by atoms with Crippen LogP contribution in [0.2, 0.25) is 0 Å². The van der Waals surface area contributed by atoms with Gasteiger partial charge in [-0.05, 0) is 49.9 Å². The number of carbonyl (C=O) groups is 1. The van der Waals surface area contributed by atoms with E-state index in [1.807, 2.05) is 68.1 Å². The molecule has 0 aliphatic heterocycles. The topological polar surface area (TPSA) is 69.5 Å². The molecule has 0 spiro atoms. The number of thiophene rings is 1. The Labute approximate surface area is 178 Å². The van der Waals surface area contributed by atoms with Crippen molar-refractivity contribution in [3.05, 3.63) is 47.6 Å². The number of nitrogens with zero attached hydrogens (tertiary/aromatic N) is 4. The summed E-state index contributed by atoms with van der Waals surface area (Å²) in [5.74, 6) is 1.24. The minimum atomic E-state index is -0.634. The van der Waals surface area contributed by atoms with Crippen LogP contribution in [0.1, 0.15) is 26.3 Å². The second kappa shape index (κ2) is 7.60. The molecular weight excluding hydrogens is 400 g/mol. The Balaban J connectivity index is 1.84. The van der Waals surface area contributed by atoms with Gasteiger partial charge >= 0.3 is 6.09 Å². The van der Waals surface area contributed by atoms with Gasteiger partial charge in [0.05, 0.1) is 35.7 Å². The minimum absolute atomic E-state index is 0.299. The van der Waals surface area contributed by atoms with Gasteiger partial charge in [0, 0.05) is 7.05 Å². The second-order valence-electron chi connectivity index (χ2n) is 8.04. The van der Waals surface area contributed by atoms with Gasteiger partial charge in [-0.2, -0.15) is 0 Å². The summed E-state index contributed by atoms with van der Waals surface area (Å²) in [6, 6.07) is 9.55. The first-order chi connectivity index (χ1) is 14.3. The summed E-state index contributed by atoms with van der Waals surface area (Å²) in [6.07, 6.45) is 1.28. The monoisotopic (exact) mass is 424 g/mol. The van der Waals surface area contributed by atoms with Crippen molar-refractivity contribution < 1.29 is 14.3 Å². The van der Waals surface area contributed by atoms with Gasteiger partial charge in [0.1, 0.15) is 16.9 Å². The molecule has 156 valence electrons. The molecule has 0 aliphatic carbocycles. The quantitative estimate of drug-likeness (QED) is 0.454. The van der Waals surface area contributed by atoms with E-state index in [-0.39, 0.29) is 0 Å². The third-order valence-corrected chi connectivity index (χ3v) is 5.51. The summed E-state index contributed by atoms with van der Waals surface area (Å²) in [4.78, 5) is 24.1. The van der Waals surface area contributed by atoms with Crippen LogP contribution in [0.15, 0.2) is 42.0 Å². The van der Waals surface area contributed by atoms with Crippen LogP contribution in [0, 0.1) is 0 Å². The fraction of sp³-hybridized carbons (Fsp3) is 0.318. The van der Waals surface area contributed by atoms with Gasteiger partial charge in [-0.1, -0.05) is 12.1 Å². The number of methoxy groups -OCH3 is 1. The van der Waals surface area contributed by atoms with E-state index in [0.717, 1.165) is 27.0 Å². The molecular formula is C22H24N4O3S. The van der Waals surface area contributed by atoms with Crippen molar-refractivity contribution in [2.75, 3.05) is 12.0 Å². The van der Waals surface area contributed by atoms with Crippen LogP contribution in [0.5, 0.6) is 5.75 Å². The molecule has 8 heteroatoms. The normalized spacial score (nSPS) is 11.8. The Morgan fingerprint density at radius 3 is 2.60 bits per heavy atom. The third kappa shape index (κ3) is 3.82. The summed E-state index contributed by atoms with van der Waals surface area (Å²) < 4.78 is 14.0. The maximum Gasteiger partial charge on any atom is 0.416 e. The maximum absolute atomic E-state index is 13.2. The SMILES string of the molecule is COc1ccc(CN(C(=O)OC(C)(C)C)c2nc3ccsc3c3c2ncn3C)cc1. The van der Waals surface area contributed by atoms with Crippen LogP contribution in [-0.2, 0) is 18.3 Å². The Morgan fingerprint density at radius 2 is 1.93 bits per heavy atom. The lowest BCUT2D eigenvalue weighted by atomic mass is 10.2. The molecule has 7 nitrogen and oxygen atoms in total. The first kappa shape index (κ1) is 20.2. The summed E-state index contributed by atoms with van der Waals surface area (Å²) in [5, 5.41) is 2.00. The molecule has 3 aromatic heterocycles. The smallest absolute Gasteiger partial charge is 0.416 e. The van der Waals surface area contributed by atoms with Crippen LogP contribution in [-0.4, -0.2) is 33.3 Å². The molecule has 4 rings (SSSR count). The number of carbonyl (C=O) groups excluding carboxylic acids is 1. The average Bonchev–Trinajstić information content (AvgIpc) is 3.31. The maximum atomic E-state index is 13.2. The van der Waals surface area contributed by atoms with Crippen molar-refractivity contribution >= 4 is 44.5 Å². The highest BCUT2D eigenvalue weighted by Crippen LogP contribution is 2.34. The molecule has 30 heavy (non-hydrogen) atoms. The number of anilines is 1. The van der Waals surface area contributed by atoms with Gasteiger partial charge in [0.25, 0.3) is 0 Å². The molecule has 1 amide bonds. The highest BCUT2D eigenvalue weighted by atomic mass is 32.1. The van der Waals surface area contributed by atoms with Gasteiger partial charge in [-0.3, -0.25) is 4.90 Å². The molecule has 0 aliphatic rings. The molecule has 0 saturated carbocycles. The molecule has 0 unspecified atom stereocenters. The number of aryl methyl sites for hydroxylation is 1. The Hall–Kier alpha value is -3.13. The van der Waals surface area contributed by atoms with Crippen molar-refractivity contribution in [3.8, 4) is 5.75 Å². The zero-order chi connectivity index (χ0) is 21.5. The number of aromatic nitrogens is 3. The average molecular weight is 425 g/mol. The van der Waals surface area contributed by atoms with Crippen LogP contribution in [0.25, 0.3) is 21.3 Å². The number of ether oxygens (including phenoxy) is 2. The summed E-state index contributed by atoms with van der Waals surface area (Å²) in [6.45, 7) is 5.85. The number of hydrogen-bond acceptors (Lipinski definition) is 6. The molecule has 0 bridgehead atoms. The summed E-state index contributed by atoms with van der Waals surface area (Å²) in [5.41, 5.74) is 2.75. The highest BCUT2D eigenvalue weighted by molar-refractivity contribution is 7.18. The van der Waals surface area contributed by atoms with Crippen LogP contribution in [0.3, 0.4) is 0 Å². The van der Waals surface area contributed by atoms with Crippen molar-refractivity contribution in [1.82, 2.24) is 14.5 Å². The van der Waals surface area contributed by atoms with Crippen LogP contribution in [0.4, 0.5) is 10.6 Å². The van der Waals surface area contributed by atoms with Gasteiger partial charge in [-0.15, -0.1) is 11.3 Å². The molecule has 1 aromatic carbocycles. The van der Waals surface area contributed by atoms with E-state index < -0.39 is 11.7 Å². The van der Waals surface area contributed by atoms with E-state index >= 15 is 0 Å². The number of pyridine rings is 1. The van der Waals surface area contributed by atoms with E-state index in [2.05, 4.69) is 4.98 Å². The van der Waals surface area contributed by atoms with E-state index in [9.17, 15) is 4.79 Å². The molecule has 0 N–H and O–H groups in total. The van der Waals surface area contributed by atoms with Crippen LogP contribution < -0.4 is 9.64 Å². The van der Waals surface area contributed by atoms with Gasteiger partial charge in [0.2, 0.25) is 0 Å². The lowest BCUT2D eigenvalue weighted by molar-refractivity contribution is 0.0577. The van der Waals surface area contributed by atoms with Crippen molar-refractivity contribution in [2.24, 2.45) is 7.05 Å². The van der Waals surface area contributed by atoms with Crippen molar-refractivity contribution in [3.63, 3.8) is 0 Å². The Morgan fingerprint density at radius 1 is 1.20 bits per heavy atom. The van der Waals surface area contributed by atoms with E-state index in [0.29, 0.717) is 17.9 Å². The Kier molecular flexibility index (Phi) is 5.11. The molecule has 3 heterocycles. The summed E-state index contributed by atoms with van der Waals surface area (Å²) in [7, 11) is 3.57. The second-order valence-corrected chi connectivity index (χ2v) is 8.95. The Bertz CT molecular complexity index is 1210. The predicted octanol–water partition coefficient (Wildman–Crippen LogP) is 5.13. The number of benzene rings is 1. The molecule has 0 saturated heterocycles.